The predicted octanol–water partition coefficient (Wildman–Crippen LogP) is 3.59. The van der Waals surface area contributed by atoms with Gasteiger partial charge in [0.05, 0.1) is 5.69 Å². The Labute approximate surface area is 214 Å². The van der Waals surface area contributed by atoms with Gasteiger partial charge in [-0.3, -0.25) is 14.5 Å². The molecular weight excluding hydrogens is 491 g/mol. The van der Waals surface area contributed by atoms with Crippen LogP contribution in [-0.2, 0) is 22.4 Å². The number of carbonyl (C=O) groups is 3. The molecule has 10 nitrogen and oxygen atoms in total. The first-order valence-electron chi connectivity index (χ1n) is 11.4. The molecule has 0 aliphatic heterocycles. The molecule has 36 heavy (non-hydrogen) atoms. The lowest BCUT2D eigenvalue weighted by atomic mass is 10.1. The number of nitrogens with one attached hydrogen (secondary N) is 2. The van der Waals surface area contributed by atoms with Crippen LogP contribution in [0.1, 0.15) is 56.4 Å². The van der Waals surface area contributed by atoms with Crippen molar-refractivity contribution in [3.05, 3.63) is 46.1 Å². The first-order chi connectivity index (χ1) is 16.7. The van der Waals surface area contributed by atoms with Gasteiger partial charge in [-0.05, 0) is 64.3 Å². The lowest BCUT2D eigenvalue weighted by molar-refractivity contribution is -0.125. The van der Waals surface area contributed by atoms with E-state index in [2.05, 4.69) is 20.6 Å². The van der Waals surface area contributed by atoms with Gasteiger partial charge in [-0.25, -0.2) is 19.2 Å². The first kappa shape index (κ1) is 28.8. The van der Waals surface area contributed by atoms with Crippen molar-refractivity contribution in [2.75, 3.05) is 18.9 Å². The lowest BCUT2D eigenvalue weighted by Gasteiger charge is -2.28. The monoisotopic (exact) mass is 522 g/mol. The van der Waals surface area contributed by atoms with Crippen molar-refractivity contribution in [1.82, 2.24) is 20.2 Å². The van der Waals surface area contributed by atoms with Crippen LogP contribution in [0.4, 0.5) is 20.7 Å². The molecule has 196 valence electrons. The molecule has 0 unspecified atom stereocenters. The van der Waals surface area contributed by atoms with Gasteiger partial charge in [-0.2, -0.15) is 0 Å². The molecule has 1 aromatic carbocycles. The number of nitrogens with zero attached hydrogens (tertiary/aromatic N) is 3. The smallest absolute Gasteiger partial charge is 0.410 e. The summed E-state index contributed by atoms with van der Waals surface area (Å²) in [6, 6.07) is 3.40. The fraction of sp³-hybridized carbons (Fsp3) is 0.458. The van der Waals surface area contributed by atoms with E-state index in [4.69, 9.17) is 22.1 Å². The summed E-state index contributed by atoms with van der Waals surface area (Å²) in [7, 11) is 1.48. The fourth-order valence-electron chi connectivity index (χ4n) is 3.08. The molecule has 0 radical (unpaired) electrons. The van der Waals surface area contributed by atoms with E-state index < -0.39 is 29.5 Å². The third kappa shape index (κ3) is 8.04. The minimum absolute atomic E-state index is 0.00792. The van der Waals surface area contributed by atoms with E-state index in [-0.39, 0.29) is 29.1 Å². The van der Waals surface area contributed by atoms with Gasteiger partial charge < -0.3 is 21.1 Å². The average molecular weight is 523 g/mol. The molecule has 0 spiro atoms. The van der Waals surface area contributed by atoms with Crippen LogP contribution in [0.25, 0.3) is 0 Å². The van der Waals surface area contributed by atoms with Gasteiger partial charge in [-0.15, -0.1) is 0 Å². The Morgan fingerprint density at radius 3 is 2.47 bits per heavy atom. The van der Waals surface area contributed by atoms with Crippen LogP contribution in [-0.4, -0.2) is 58.0 Å². The number of hydrogen-bond acceptors (Lipinski definition) is 7. The van der Waals surface area contributed by atoms with E-state index in [1.807, 2.05) is 6.92 Å². The van der Waals surface area contributed by atoms with E-state index >= 15 is 0 Å². The van der Waals surface area contributed by atoms with Gasteiger partial charge in [0.1, 0.15) is 17.5 Å². The number of nitrogens with two attached hydrogens (primary N) is 1. The van der Waals surface area contributed by atoms with Crippen molar-refractivity contribution in [3.8, 4) is 0 Å². The zero-order chi connectivity index (χ0) is 27.2. The van der Waals surface area contributed by atoms with Crippen LogP contribution < -0.4 is 16.4 Å². The minimum atomic E-state index is -0.804. The summed E-state index contributed by atoms with van der Waals surface area (Å²) in [6.45, 7) is 8.79. The standard InChI is InChI=1S/C24H32ClFN6O4/c1-7-17-19(25)31-21(18(30-17)20(27)33)29-16-11-14(10-15(26)12-16)8-9-28-22(34)13(2)32(6)23(35)36-24(3,4)5/h10-13H,7-9H2,1-6H3,(H2,27,33)(H,28,34)(H,29,31)/t13-/m0/s1. The second kappa shape index (κ2) is 12.0. The third-order valence-corrected chi connectivity index (χ3v) is 5.37. The molecule has 0 fully saturated rings. The number of anilines is 2. The van der Waals surface area contributed by atoms with Crippen molar-refractivity contribution in [3.63, 3.8) is 0 Å². The topological polar surface area (TPSA) is 140 Å². The SMILES string of the molecule is CCc1nc(C(N)=O)c(Nc2cc(F)cc(CCNC(=O)[C@H](C)N(C)C(=O)OC(C)(C)C)c2)nc1Cl. The molecule has 1 heterocycles. The van der Waals surface area contributed by atoms with Crippen LogP contribution in [0.5, 0.6) is 0 Å². The molecular formula is C24H32ClFN6O4. The maximum absolute atomic E-state index is 14.3. The Hall–Kier alpha value is -3.47. The molecule has 0 aliphatic rings. The highest BCUT2D eigenvalue weighted by atomic mass is 35.5. The summed E-state index contributed by atoms with van der Waals surface area (Å²) in [5, 5.41) is 5.68. The van der Waals surface area contributed by atoms with Crippen molar-refractivity contribution in [1.29, 1.82) is 0 Å². The number of benzene rings is 1. The molecule has 0 saturated heterocycles. The number of hydrogen-bond donors (Lipinski definition) is 3. The molecule has 4 N–H and O–H groups in total. The number of ether oxygens (including phenoxy) is 1. The van der Waals surface area contributed by atoms with Crippen LogP contribution in [0.2, 0.25) is 5.15 Å². The molecule has 2 rings (SSSR count). The van der Waals surface area contributed by atoms with Crippen molar-refractivity contribution in [2.24, 2.45) is 5.73 Å². The van der Waals surface area contributed by atoms with Gasteiger partial charge in [-0.1, -0.05) is 18.5 Å². The summed E-state index contributed by atoms with van der Waals surface area (Å²) in [6.07, 6.45) is 0.135. The maximum atomic E-state index is 14.3. The van der Waals surface area contributed by atoms with E-state index in [0.29, 0.717) is 29.8 Å². The molecule has 0 bridgehead atoms. The summed E-state index contributed by atoms with van der Waals surface area (Å²) in [5.41, 5.74) is 5.90. The van der Waals surface area contributed by atoms with Crippen molar-refractivity contribution < 1.29 is 23.5 Å². The number of aryl methyl sites for hydroxylation is 1. The van der Waals surface area contributed by atoms with E-state index in [9.17, 15) is 18.8 Å². The normalized spacial score (nSPS) is 12.0. The highest BCUT2D eigenvalue weighted by molar-refractivity contribution is 6.30. The number of primary amides is 1. The summed E-state index contributed by atoms with van der Waals surface area (Å²) in [4.78, 5) is 46.0. The summed E-state index contributed by atoms with van der Waals surface area (Å²) < 4.78 is 19.6. The van der Waals surface area contributed by atoms with Crippen molar-refractivity contribution >= 4 is 41.0 Å². The number of halogens is 2. The van der Waals surface area contributed by atoms with Gasteiger partial charge in [0.25, 0.3) is 5.91 Å². The quantitative estimate of drug-likeness (QED) is 0.457. The van der Waals surface area contributed by atoms with E-state index in [1.165, 1.54) is 24.1 Å². The fourth-order valence-corrected chi connectivity index (χ4v) is 3.34. The Bertz CT molecular complexity index is 1140. The number of likely N-dealkylation sites (N-methyl/N-ethyl adjacent to an activating group) is 1. The van der Waals surface area contributed by atoms with Crippen LogP contribution in [0.15, 0.2) is 18.2 Å². The van der Waals surface area contributed by atoms with Crippen LogP contribution >= 0.6 is 11.6 Å². The van der Waals surface area contributed by atoms with Crippen molar-refractivity contribution in [2.45, 2.75) is 59.1 Å². The molecule has 2 aromatic rings. The highest BCUT2D eigenvalue weighted by Crippen LogP contribution is 2.24. The first-order valence-corrected chi connectivity index (χ1v) is 11.8. The molecule has 0 saturated carbocycles. The second-order valence-corrected chi connectivity index (χ2v) is 9.52. The Morgan fingerprint density at radius 2 is 1.89 bits per heavy atom. The molecule has 3 amide bonds. The minimum Gasteiger partial charge on any atom is -0.444 e. The average Bonchev–Trinajstić information content (AvgIpc) is 2.76. The van der Waals surface area contributed by atoms with Gasteiger partial charge in [0, 0.05) is 19.3 Å². The van der Waals surface area contributed by atoms with Gasteiger partial charge in [0.2, 0.25) is 5.91 Å². The zero-order valence-corrected chi connectivity index (χ0v) is 22.0. The highest BCUT2D eigenvalue weighted by Gasteiger charge is 2.26. The van der Waals surface area contributed by atoms with Crippen LogP contribution in [0, 0.1) is 5.82 Å². The Kier molecular flexibility index (Phi) is 9.57. The van der Waals surface area contributed by atoms with E-state index in [0.717, 1.165) is 0 Å². The maximum Gasteiger partial charge on any atom is 0.410 e. The third-order valence-electron chi connectivity index (χ3n) is 5.06. The second-order valence-electron chi connectivity index (χ2n) is 9.16. The number of carbonyl (C=O) groups excluding carboxylic acids is 3. The summed E-state index contributed by atoms with van der Waals surface area (Å²) >= 11 is 6.12. The van der Waals surface area contributed by atoms with Gasteiger partial charge >= 0.3 is 6.09 Å². The molecule has 0 aliphatic carbocycles. The predicted molar refractivity (Wildman–Crippen MR) is 135 cm³/mol. The van der Waals surface area contributed by atoms with E-state index in [1.54, 1.807) is 33.8 Å². The number of rotatable bonds is 9. The van der Waals surface area contributed by atoms with Crippen LogP contribution in [0.3, 0.4) is 0 Å². The molecule has 1 aromatic heterocycles. The molecule has 1 atom stereocenters. The zero-order valence-electron chi connectivity index (χ0n) is 21.2. The number of amides is 3. The Balaban J connectivity index is 2.07. The number of aromatic nitrogens is 2. The summed E-state index contributed by atoms with van der Waals surface area (Å²) in [5.74, 6) is -1.72. The lowest BCUT2D eigenvalue weighted by Crippen LogP contribution is -2.47. The molecule has 12 heteroatoms. The largest absolute Gasteiger partial charge is 0.444 e. The Morgan fingerprint density at radius 1 is 1.22 bits per heavy atom. The van der Waals surface area contributed by atoms with Gasteiger partial charge in [0.15, 0.2) is 16.7 Å².